The van der Waals surface area contributed by atoms with Crippen molar-refractivity contribution in [2.24, 2.45) is 0 Å². The van der Waals surface area contributed by atoms with E-state index in [1.807, 2.05) is 31.2 Å². The molecule has 0 aliphatic heterocycles. The molecule has 4 aromatic rings. The van der Waals surface area contributed by atoms with E-state index < -0.39 is 0 Å². The van der Waals surface area contributed by atoms with E-state index in [1.54, 1.807) is 23.9 Å². The van der Waals surface area contributed by atoms with Gasteiger partial charge in [-0.15, -0.1) is 4.68 Å². The number of nitrogens with zero attached hydrogens (tertiary/aromatic N) is 3. The molecule has 0 aliphatic carbocycles. The van der Waals surface area contributed by atoms with Crippen LogP contribution in [-0.2, 0) is 0 Å². The maximum Gasteiger partial charge on any atom is 0.359 e. The van der Waals surface area contributed by atoms with E-state index in [4.69, 9.17) is 10.5 Å². The highest BCUT2D eigenvalue weighted by Crippen LogP contribution is 2.35. The van der Waals surface area contributed by atoms with E-state index in [0.717, 1.165) is 16.6 Å². The summed E-state index contributed by atoms with van der Waals surface area (Å²) in [7, 11) is 1.60. The second-order valence-corrected chi connectivity index (χ2v) is 6.33. The molecule has 0 radical (unpaired) electrons. The average Bonchev–Trinajstić information content (AvgIpc) is 3.03. The van der Waals surface area contributed by atoms with Crippen LogP contribution in [0.15, 0.2) is 48.5 Å². The Labute approximate surface area is 160 Å². The minimum absolute atomic E-state index is 0.135. The molecule has 28 heavy (non-hydrogen) atoms. The summed E-state index contributed by atoms with van der Waals surface area (Å²) in [6.45, 7) is 1.90. The van der Waals surface area contributed by atoms with E-state index >= 15 is 0 Å². The number of aromatic nitrogens is 3. The van der Waals surface area contributed by atoms with Crippen LogP contribution in [-0.4, -0.2) is 17.2 Å². The average molecular weight is 374 g/mol. The van der Waals surface area contributed by atoms with Crippen molar-refractivity contribution in [2.75, 3.05) is 12.8 Å². The second-order valence-electron chi connectivity index (χ2n) is 6.33. The number of nitrogens with one attached hydrogen (secondary N) is 1. The molecule has 6 nitrogen and oxygen atoms in total. The fourth-order valence-corrected chi connectivity index (χ4v) is 3.32. The Morgan fingerprint density at radius 1 is 1.14 bits per heavy atom. The molecule has 7 heteroatoms. The van der Waals surface area contributed by atoms with Crippen LogP contribution in [0.2, 0.25) is 0 Å². The van der Waals surface area contributed by atoms with Crippen molar-refractivity contribution in [1.29, 1.82) is 5.26 Å². The Hall–Kier alpha value is -3.92. The van der Waals surface area contributed by atoms with Crippen LogP contribution in [0.1, 0.15) is 11.3 Å². The van der Waals surface area contributed by atoms with Gasteiger partial charge in [0.25, 0.3) is 5.82 Å². The third kappa shape index (κ3) is 2.72. The van der Waals surface area contributed by atoms with Gasteiger partial charge in [-0.25, -0.2) is 9.49 Å². The number of fused-ring (bicyclic) bond motifs is 1. The number of aryl methyl sites for hydroxylation is 1. The minimum Gasteiger partial charge on any atom is -0.497 e. The molecule has 0 spiro atoms. The summed E-state index contributed by atoms with van der Waals surface area (Å²) in [6.07, 6.45) is 0. The maximum absolute atomic E-state index is 13.3. The molecule has 0 saturated heterocycles. The van der Waals surface area contributed by atoms with Gasteiger partial charge in [-0.05, 0) is 53.9 Å². The number of rotatable bonds is 3. The minimum atomic E-state index is -0.324. The van der Waals surface area contributed by atoms with E-state index in [1.165, 1.54) is 12.1 Å². The fraction of sp³-hybridized carbons (Fsp3) is 0.0952. The topological polar surface area (TPSA) is 91.6 Å². The molecule has 2 heterocycles. The summed E-state index contributed by atoms with van der Waals surface area (Å²) < 4.78 is 20.3. The van der Waals surface area contributed by atoms with Crippen molar-refractivity contribution >= 4 is 16.9 Å². The number of nitrogen functional groups attached to an aromatic ring is 1. The van der Waals surface area contributed by atoms with Crippen LogP contribution in [0, 0.1) is 24.1 Å². The van der Waals surface area contributed by atoms with Crippen LogP contribution in [0.4, 0.5) is 10.2 Å². The van der Waals surface area contributed by atoms with Crippen molar-refractivity contribution in [3.8, 4) is 28.6 Å². The molecule has 0 aliphatic rings. The maximum atomic E-state index is 13.3. The highest BCUT2D eigenvalue weighted by atomic mass is 19.1. The molecule has 2 aromatic heterocycles. The first-order chi connectivity index (χ1) is 13.5. The second kappa shape index (κ2) is 6.67. The molecule has 0 fully saturated rings. The largest absolute Gasteiger partial charge is 0.497 e. The SMILES string of the molecule is COc1ccc(-c2c(C#N)c(N)nc3c2c(C)[nH][n+]3-c2ccc(F)cc2)cc1. The van der Waals surface area contributed by atoms with Crippen LogP contribution < -0.4 is 15.2 Å². The predicted octanol–water partition coefficient (Wildman–Crippen LogP) is 3.42. The lowest BCUT2D eigenvalue weighted by atomic mass is 9.97. The number of hydrogen-bond donors (Lipinski definition) is 2. The van der Waals surface area contributed by atoms with Gasteiger partial charge in [0.2, 0.25) is 0 Å². The Bertz CT molecular complexity index is 1220. The summed E-state index contributed by atoms with van der Waals surface area (Å²) in [5, 5.41) is 13.7. The van der Waals surface area contributed by atoms with Gasteiger partial charge in [-0.3, -0.25) is 0 Å². The predicted molar refractivity (Wildman–Crippen MR) is 103 cm³/mol. The first-order valence-electron chi connectivity index (χ1n) is 8.57. The Balaban J connectivity index is 2.05. The molecule has 0 amide bonds. The van der Waals surface area contributed by atoms with Crippen LogP contribution in [0.25, 0.3) is 27.8 Å². The number of hydrogen-bond acceptors (Lipinski definition) is 4. The van der Waals surface area contributed by atoms with Crippen molar-refractivity contribution in [3.63, 3.8) is 0 Å². The number of nitriles is 1. The molecular weight excluding hydrogens is 357 g/mol. The van der Waals surface area contributed by atoms with Gasteiger partial charge in [0, 0.05) is 5.56 Å². The zero-order valence-corrected chi connectivity index (χ0v) is 15.3. The van der Waals surface area contributed by atoms with Crippen molar-refractivity contribution < 1.29 is 13.8 Å². The highest BCUT2D eigenvalue weighted by molar-refractivity contribution is 5.98. The van der Waals surface area contributed by atoms with Gasteiger partial charge in [0.15, 0.2) is 5.69 Å². The number of ether oxygens (including phenoxy) is 1. The summed E-state index contributed by atoms with van der Waals surface area (Å²) in [5.41, 5.74) is 10.0. The van der Waals surface area contributed by atoms with E-state index in [2.05, 4.69) is 16.2 Å². The number of nitrogens with two attached hydrogens (primary N) is 1. The molecule has 4 rings (SSSR count). The first kappa shape index (κ1) is 17.5. The number of methoxy groups -OCH3 is 1. The van der Waals surface area contributed by atoms with Gasteiger partial charge >= 0.3 is 5.65 Å². The van der Waals surface area contributed by atoms with Crippen molar-refractivity contribution in [3.05, 3.63) is 65.6 Å². The van der Waals surface area contributed by atoms with Gasteiger partial charge in [0.05, 0.1) is 12.8 Å². The van der Waals surface area contributed by atoms with Crippen molar-refractivity contribution in [2.45, 2.75) is 6.92 Å². The molecule has 0 saturated carbocycles. The Morgan fingerprint density at radius 3 is 2.43 bits per heavy atom. The molecule has 3 N–H and O–H groups in total. The van der Waals surface area contributed by atoms with E-state index in [-0.39, 0.29) is 11.6 Å². The molecule has 0 atom stereocenters. The quantitative estimate of drug-likeness (QED) is 0.538. The molecule has 0 unspecified atom stereocenters. The number of pyridine rings is 1. The molecule has 2 aromatic carbocycles. The number of halogens is 1. The third-order valence-electron chi connectivity index (χ3n) is 4.65. The van der Waals surface area contributed by atoms with Gasteiger partial charge < -0.3 is 10.5 Å². The lowest BCUT2D eigenvalue weighted by molar-refractivity contribution is -0.632. The zero-order chi connectivity index (χ0) is 19.8. The number of aromatic amines is 1. The highest BCUT2D eigenvalue weighted by Gasteiger charge is 2.27. The molecule has 0 bridgehead atoms. The van der Waals surface area contributed by atoms with Crippen LogP contribution in [0.3, 0.4) is 0 Å². The fourth-order valence-electron chi connectivity index (χ4n) is 3.32. The van der Waals surface area contributed by atoms with Gasteiger partial charge in [-0.1, -0.05) is 12.1 Å². The summed E-state index contributed by atoms with van der Waals surface area (Å²) in [6, 6.07) is 15.6. The lowest BCUT2D eigenvalue weighted by Gasteiger charge is -2.07. The van der Waals surface area contributed by atoms with Gasteiger partial charge in [0.1, 0.15) is 28.6 Å². The number of H-pyrrole nitrogens is 1. The summed E-state index contributed by atoms with van der Waals surface area (Å²) in [5.74, 6) is 0.526. The van der Waals surface area contributed by atoms with E-state index in [9.17, 15) is 9.65 Å². The van der Waals surface area contributed by atoms with E-state index in [0.29, 0.717) is 28.2 Å². The molecule has 138 valence electrons. The molecular formula is C21H17FN5O+. The van der Waals surface area contributed by atoms with Gasteiger partial charge in [-0.2, -0.15) is 5.26 Å². The normalized spacial score (nSPS) is 10.8. The summed E-state index contributed by atoms with van der Waals surface area (Å²) in [4.78, 5) is 4.45. The van der Waals surface area contributed by atoms with Crippen LogP contribution >= 0.6 is 0 Å². The third-order valence-corrected chi connectivity index (χ3v) is 4.65. The van der Waals surface area contributed by atoms with Crippen molar-refractivity contribution in [1.82, 2.24) is 10.1 Å². The summed E-state index contributed by atoms with van der Waals surface area (Å²) >= 11 is 0. The Kier molecular flexibility index (Phi) is 4.17. The first-order valence-corrected chi connectivity index (χ1v) is 8.57. The smallest absolute Gasteiger partial charge is 0.359 e. The Morgan fingerprint density at radius 2 is 1.82 bits per heavy atom. The number of anilines is 1. The number of benzene rings is 2. The standard InChI is InChI=1S/C21H16FN5O/c1-12-18-19(13-3-9-16(28-2)10-4-13)17(11-23)20(24)25-21(18)27(26-12)15-7-5-14(22)6-8-15/h3-10H,1-2H3,(H2,24,25,26)/p+1. The monoisotopic (exact) mass is 374 g/mol. The zero-order valence-electron chi connectivity index (χ0n) is 15.3. The lowest BCUT2D eigenvalue weighted by Crippen LogP contribution is -2.33. The van der Waals surface area contributed by atoms with Crippen LogP contribution in [0.5, 0.6) is 5.75 Å².